The predicted octanol–water partition coefficient (Wildman–Crippen LogP) is 0.993. The van der Waals surface area contributed by atoms with Crippen LogP contribution in [0, 0.1) is 0 Å². The molecular formula is C16H24N2O3. The van der Waals surface area contributed by atoms with Gasteiger partial charge in [0.2, 0.25) is 5.91 Å². The van der Waals surface area contributed by atoms with Gasteiger partial charge in [-0.3, -0.25) is 4.79 Å². The van der Waals surface area contributed by atoms with Gasteiger partial charge in [0.15, 0.2) is 0 Å². The average Bonchev–Trinajstić information content (AvgIpc) is 2.53. The predicted molar refractivity (Wildman–Crippen MR) is 80.9 cm³/mol. The summed E-state index contributed by atoms with van der Waals surface area (Å²) in [7, 11) is 0. The van der Waals surface area contributed by atoms with Crippen LogP contribution in [0.3, 0.4) is 0 Å². The van der Waals surface area contributed by atoms with Crippen LogP contribution in [-0.2, 0) is 9.53 Å². The van der Waals surface area contributed by atoms with Crippen LogP contribution >= 0.6 is 0 Å². The van der Waals surface area contributed by atoms with E-state index in [-0.39, 0.29) is 18.1 Å². The lowest BCUT2D eigenvalue weighted by Crippen LogP contribution is -2.48. The fraction of sp³-hybridized carbons (Fsp3) is 0.562. The van der Waals surface area contributed by atoms with E-state index in [1.165, 1.54) is 0 Å². The zero-order valence-corrected chi connectivity index (χ0v) is 12.4. The van der Waals surface area contributed by atoms with Gasteiger partial charge in [0, 0.05) is 25.6 Å². The maximum absolute atomic E-state index is 11.1. The number of ether oxygens (including phenoxy) is 1. The van der Waals surface area contributed by atoms with Gasteiger partial charge in [-0.25, -0.2) is 0 Å². The number of carbonyl (C=O) groups is 1. The Morgan fingerprint density at radius 1 is 1.43 bits per heavy atom. The largest absolute Gasteiger partial charge is 0.389 e. The first-order chi connectivity index (χ1) is 10.1. The maximum atomic E-state index is 11.1. The van der Waals surface area contributed by atoms with Crippen molar-refractivity contribution in [1.82, 2.24) is 10.6 Å². The minimum Gasteiger partial charge on any atom is -0.389 e. The van der Waals surface area contributed by atoms with Crippen molar-refractivity contribution >= 4 is 5.91 Å². The minimum atomic E-state index is -0.547. The topological polar surface area (TPSA) is 70.6 Å². The van der Waals surface area contributed by atoms with E-state index in [2.05, 4.69) is 10.6 Å². The molecule has 1 aromatic carbocycles. The second kappa shape index (κ2) is 8.12. The van der Waals surface area contributed by atoms with Gasteiger partial charge in [-0.05, 0) is 18.9 Å². The number of rotatable bonds is 7. The molecule has 0 aromatic heterocycles. The van der Waals surface area contributed by atoms with Gasteiger partial charge in [0.25, 0.3) is 0 Å². The molecule has 1 aromatic rings. The molecule has 2 rings (SSSR count). The van der Waals surface area contributed by atoms with Gasteiger partial charge in [-0.2, -0.15) is 0 Å². The zero-order chi connectivity index (χ0) is 15.1. The molecule has 0 bridgehead atoms. The highest BCUT2D eigenvalue weighted by molar-refractivity contribution is 5.76. The zero-order valence-electron chi connectivity index (χ0n) is 12.4. The van der Waals surface area contributed by atoms with Crippen LogP contribution < -0.4 is 10.6 Å². The molecule has 0 radical (unpaired) electrons. The molecule has 3 unspecified atom stereocenters. The summed E-state index contributed by atoms with van der Waals surface area (Å²) in [4.78, 5) is 11.1. The van der Waals surface area contributed by atoms with Crippen LogP contribution in [-0.4, -0.2) is 42.9 Å². The van der Waals surface area contributed by atoms with Crippen molar-refractivity contribution < 1.29 is 14.6 Å². The molecule has 0 spiro atoms. The van der Waals surface area contributed by atoms with E-state index in [4.69, 9.17) is 4.74 Å². The highest BCUT2D eigenvalue weighted by Gasteiger charge is 2.18. The molecule has 1 saturated heterocycles. The number of aliphatic hydroxyl groups is 1. The van der Waals surface area contributed by atoms with Gasteiger partial charge >= 0.3 is 0 Å². The molecule has 1 fully saturated rings. The molecule has 0 aliphatic carbocycles. The molecule has 1 amide bonds. The number of amides is 1. The second-order valence-electron chi connectivity index (χ2n) is 5.49. The fourth-order valence-corrected chi connectivity index (χ4v) is 2.34. The molecule has 3 N–H and O–H groups in total. The SMILES string of the molecule is CC(OCC(O)CNC1CCC(=O)NC1)c1ccccc1. The molecule has 1 heterocycles. The average molecular weight is 292 g/mol. The molecule has 1 aliphatic heterocycles. The van der Waals surface area contributed by atoms with E-state index < -0.39 is 6.10 Å². The standard InChI is InChI=1S/C16H24N2O3/c1-12(13-5-3-2-4-6-13)21-11-15(19)10-17-14-7-8-16(20)18-9-14/h2-6,12,14-15,17,19H,7-11H2,1H3,(H,18,20). The molecule has 3 atom stereocenters. The summed E-state index contributed by atoms with van der Waals surface area (Å²) >= 11 is 0. The number of carbonyl (C=O) groups excluding carboxylic acids is 1. The normalized spacial score (nSPS) is 21.6. The third-order valence-electron chi connectivity index (χ3n) is 3.72. The summed E-state index contributed by atoms with van der Waals surface area (Å²) in [5.41, 5.74) is 1.10. The smallest absolute Gasteiger partial charge is 0.220 e. The lowest BCUT2D eigenvalue weighted by molar-refractivity contribution is -0.122. The molecular weight excluding hydrogens is 268 g/mol. The molecule has 21 heavy (non-hydrogen) atoms. The van der Waals surface area contributed by atoms with Gasteiger partial charge < -0.3 is 20.5 Å². The highest BCUT2D eigenvalue weighted by Crippen LogP contribution is 2.15. The van der Waals surface area contributed by atoms with E-state index in [1.807, 2.05) is 37.3 Å². The third kappa shape index (κ3) is 5.46. The summed E-state index contributed by atoms with van der Waals surface area (Å²) in [5, 5.41) is 16.0. The van der Waals surface area contributed by atoms with E-state index in [1.54, 1.807) is 0 Å². The highest BCUT2D eigenvalue weighted by atomic mass is 16.5. The monoisotopic (exact) mass is 292 g/mol. The lowest BCUT2D eigenvalue weighted by Gasteiger charge is -2.25. The number of hydrogen-bond acceptors (Lipinski definition) is 4. The maximum Gasteiger partial charge on any atom is 0.220 e. The molecule has 5 nitrogen and oxygen atoms in total. The van der Waals surface area contributed by atoms with Crippen molar-refractivity contribution in [3.05, 3.63) is 35.9 Å². The first-order valence-corrected chi connectivity index (χ1v) is 7.50. The Balaban J connectivity index is 1.63. The summed E-state index contributed by atoms with van der Waals surface area (Å²) in [5.74, 6) is 0.105. The van der Waals surface area contributed by atoms with Crippen molar-refractivity contribution in [1.29, 1.82) is 0 Å². The van der Waals surface area contributed by atoms with Gasteiger partial charge in [-0.15, -0.1) is 0 Å². The Bertz CT molecular complexity index is 428. The first kappa shape index (κ1) is 15.9. The molecule has 1 aliphatic rings. The summed E-state index contributed by atoms with van der Waals surface area (Å²) < 4.78 is 5.69. The van der Waals surface area contributed by atoms with E-state index in [0.29, 0.717) is 26.1 Å². The Hall–Kier alpha value is -1.43. The number of aliphatic hydroxyl groups excluding tert-OH is 1. The van der Waals surface area contributed by atoms with Crippen LogP contribution in [0.2, 0.25) is 0 Å². The van der Waals surface area contributed by atoms with Gasteiger partial charge in [0.05, 0.1) is 18.8 Å². The molecule has 0 saturated carbocycles. The summed E-state index contributed by atoms with van der Waals surface area (Å²) in [6.45, 7) is 3.38. The number of hydrogen-bond donors (Lipinski definition) is 3. The molecule has 5 heteroatoms. The first-order valence-electron chi connectivity index (χ1n) is 7.50. The summed E-state index contributed by atoms with van der Waals surface area (Å²) in [6.07, 6.45) is 0.790. The van der Waals surface area contributed by atoms with E-state index in [0.717, 1.165) is 12.0 Å². The van der Waals surface area contributed by atoms with Gasteiger partial charge in [0.1, 0.15) is 0 Å². The Morgan fingerprint density at radius 2 is 2.19 bits per heavy atom. The lowest BCUT2D eigenvalue weighted by atomic mass is 10.1. The van der Waals surface area contributed by atoms with Crippen molar-refractivity contribution in [2.45, 2.75) is 38.0 Å². The summed E-state index contributed by atoms with van der Waals surface area (Å²) in [6, 6.07) is 10.2. The number of benzene rings is 1. The van der Waals surface area contributed by atoms with Crippen LogP contribution in [0.25, 0.3) is 0 Å². The number of nitrogens with one attached hydrogen (secondary N) is 2. The third-order valence-corrected chi connectivity index (χ3v) is 3.72. The quantitative estimate of drug-likeness (QED) is 0.701. The second-order valence-corrected chi connectivity index (χ2v) is 5.49. The van der Waals surface area contributed by atoms with Crippen molar-refractivity contribution in [2.75, 3.05) is 19.7 Å². The van der Waals surface area contributed by atoms with Crippen molar-refractivity contribution in [2.24, 2.45) is 0 Å². The Morgan fingerprint density at radius 3 is 2.86 bits per heavy atom. The van der Waals surface area contributed by atoms with Crippen LogP contribution in [0.15, 0.2) is 30.3 Å². The van der Waals surface area contributed by atoms with E-state index in [9.17, 15) is 9.90 Å². The van der Waals surface area contributed by atoms with Crippen LogP contribution in [0.4, 0.5) is 0 Å². The van der Waals surface area contributed by atoms with E-state index >= 15 is 0 Å². The molecule has 116 valence electrons. The Labute approximate surface area is 125 Å². The van der Waals surface area contributed by atoms with Crippen molar-refractivity contribution in [3.63, 3.8) is 0 Å². The van der Waals surface area contributed by atoms with Crippen molar-refractivity contribution in [3.8, 4) is 0 Å². The Kier molecular flexibility index (Phi) is 6.17. The van der Waals surface area contributed by atoms with Crippen LogP contribution in [0.5, 0.6) is 0 Å². The fourth-order valence-electron chi connectivity index (χ4n) is 2.34. The minimum absolute atomic E-state index is 0.0326. The van der Waals surface area contributed by atoms with Gasteiger partial charge in [-0.1, -0.05) is 30.3 Å². The number of piperidine rings is 1. The van der Waals surface area contributed by atoms with Crippen LogP contribution in [0.1, 0.15) is 31.4 Å².